The predicted molar refractivity (Wildman–Crippen MR) is 166 cm³/mol. The Hall–Kier alpha value is -2.88. The molecule has 0 saturated heterocycles. The van der Waals surface area contributed by atoms with Crippen LogP contribution in [-0.2, 0) is 26.2 Å². The summed E-state index contributed by atoms with van der Waals surface area (Å²) in [5.74, 6) is -0.749. The number of amides is 2. The van der Waals surface area contributed by atoms with Crippen molar-refractivity contribution in [2.45, 2.75) is 69.5 Å². The van der Waals surface area contributed by atoms with E-state index in [4.69, 9.17) is 11.6 Å². The van der Waals surface area contributed by atoms with E-state index in [1.807, 2.05) is 6.92 Å². The van der Waals surface area contributed by atoms with Crippen molar-refractivity contribution in [3.8, 4) is 0 Å². The summed E-state index contributed by atoms with van der Waals surface area (Å²) in [7, 11) is -4.11. The van der Waals surface area contributed by atoms with Gasteiger partial charge in [0.1, 0.15) is 12.6 Å². The second-order valence-corrected chi connectivity index (χ2v) is 13.7. The zero-order valence-electron chi connectivity index (χ0n) is 23.2. The Balaban J connectivity index is 1.66. The van der Waals surface area contributed by atoms with E-state index < -0.39 is 28.5 Å². The van der Waals surface area contributed by atoms with Gasteiger partial charge in [0, 0.05) is 22.1 Å². The number of rotatable bonds is 10. The third-order valence-electron chi connectivity index (χ3n) is 7.39. The summed E-state index contributed by atoms with van der Waals surface area (Å²) in [6, 6.07) is 19.5. The summed E-state index contributed by atoms with van der Waals surface area (Å²) in [5, 5.41) is 3.67. The summed E-state index contributed by atoms with van der Waals surface area (Å²) in [6.07, 6.45) is 5.10. The lowest BCUT2D eigenvalue weighted by atomic mass is 9.95. The zero-order valence-corrected chi connectivity index (χ0v) is 26.4. The summed E-state index contributed by atoms with van der Waals surface area (Å²) < 4.78 is 29.7. The first-order valence-corrected chi connectivity index (χ1v) is 16.3. The molecule has 1 fully saturated rings. The van der Waals surface area contributed by atoms with Gasteiger partial charge in [-0.3, -0.25) is 13.9 Å². The molecule has 1 unspecified atom stereocenters. The van der Waals surface area contributed by atoms with Gasteiger partial charge in [-0.1, -0.05) is 76.6 Å². The first-order chi connectivity index (χ1) is 19.5. The Morgan fingerprint density at radius 2 is 1.56 bits per heavy atom. The quantitative estimate of drug-likeness (QED) is 0.270. The number of nitrogens with one attached hydrogen (secondary N) is 1. The molecule has 1 N–H and O–H groups in total. The molecular formula is C31H35BrClN3O4S. The van der Waals surface area contributed by atoms with Crippen LogP contribution in [0.4, 0.5) is 5.69 Å². The van der Waals surface area contributed by atoms with Crippen LogP contribution in [0, 0.1) is 6.92 Å². The summed E-state index contributed by atoms with van der Waals surface area (Å²) in [6.45, 7) is 3.20. The molecule has 10 heteroatoms. The number of nitrogens with zero attached hydrogens (tertiary/aromatic N) is 2. The average molecular weight is 661 g/mol. The number of hydrogen-bond donors (Lipinski definition) is 1. The van der Waals surface area contributed by atoms with Crippen LogP contribution in [0.1, 0.15) is 50.2 Å². The number of anilines is 1. The van der Waals surface area contributed by atoms with Gasteiger partial charge >= 0.3 is 0 Å². The highest BCUT2D eigenvalue weighted by atomic mass is 79.9. The van der Waals surface area contributed by atoms with Gasteiger partial charge < -0.3 is 10.2 Å². The van der Waals surface area contributed by atoms with E-state index in [2.05, 4.69) is 21.2 Å². The van der Waals surface area contributed by atoms with Gasteiger partial charge in [-0.25, -0.2) is 8.42 Å². The third-order valence-corrected chi connectivity index (χ3v) is 9.96. The van der Waals surface area contributed by atoms with E-state index >= 15 is 0 Å². The van der Waals surface area contributed by atoms with Gasteiger partial charge in [-0.05, 0) is 80.8 Å². The number of carbonyl (C=O) groups is 2. The van der Waals surface area contributed by atoms with Gasteiger partial charge in [0.15, 0.2) is 0 Å². The van der Waals surface area contributed by atoms with Crippen LogP contribution >= 0.6 is 27.5 Å². The molecule has 1 atom stereocenters. The lowest BCUT2D eigenvalue weighted by Gasteiger charge is -2.33. The highest BCUT2D eigenvalue weighted by Gasteiger charge is 2.33. The van der Waals surface area contributed by atoms with Crippen molar-refractivity contribution in [1.29, 1.82) is 0 Å². The van der Waals surface area contributed by atoms with E-state index in [1.54, 1.807) is 67.6 Å². The fourth-order valence-electron chi connectivity index (χ4n) is 4.91. The highest BCUT2D eigenvalue weighted by Crippen LogP contribution is 2.27. The van der Waals surface area contributed by atoms with E-state index in [0.717, 1.165) is 52.0 Å². The van der Waals surface area contributed by atoms with Crippen LogP contribution in [0.25, 0.3) is 0 Å². The predicted octanol–water partition coefficient (Wildman–Crippen LogP) is 6.47. The zero-order chi connectivity index (χ0) is 29.6. The molecule has 0 aromatic heterocycles. The van der Waals surface area contributed by atoms with Crippen LogP contribution in [0.3, 0.4) is 0 Å². The van der Waals surface area contributed by atoms with Crippen LogP contribution in [0.2, 0.25) is 5.02 Å². The molecule has 0 heterocycles. The van der Waals surface area contributed by atoms with Crippen molar-refractivity contribution >= 4 is 55.1 Å². The van der Waals surface area contributed by atoms with Crippen molar-refractivity contribution < 1.29 is 18.0 Å². The standard InChI is InChI=1S/C31H35BrClN3O4S/c1-22-8-18-29(19-9-22)41(39,40)36(28-16-12-25(32)13-17-28)21-30(37)35(20-24-10-14-26(33)15-11-24)23(2)31(38)34-27-6-4-3-5-7-27/h8-19,23,27H,3-7,20-21H2,1-2H3,(H,34,38). The van der Waals surface area contributed by atoms with Crippen LogP contribution in [-0.4, -0.2) is 43.8 Å². The number of carbonyl (C=O) groups excluding carboxylic acids is 2. The molecule has 3 aromatic rings. The van der Waals surface area contributed by atoms with Crippen LogP contribution in [0.15, 0.2) is 82.2 Å². The second-order valence-electron chi connectivity index (χ2n) is 10.5. The van der Waals surface area contributed by atoms with Crippen LogP contribution in [0.5, 0.6) is 0 Å². The summed E-state index contributed by atoms with van der Waals surface area (Å²) in [4.78, 5) is 28.9. The Morgan fingerprint density at radius 1 is 0.951 bits per heavy atom. The Morgan fingerprint density at radius 3 is 2.17 bits per heavy atom. The minimum Gasteiger partial charge on any atom is -0.352 e. The van der Waals surface area contributed by atoms with Crippen molar-refractivity contribution in [3.63, 3.8) is 0 Å². The molecular weight excluding hydrogens is 626 g/mol. The van der Waals surface area contributed by atoms with Gasteiger partial charge in [0.25, 0.3) is 10.0 Å². The minimum atomic E-state index is -4.11. The Bertz CT molecular complexity index is 1440. The lowest BCUT2D eigenvalue weighted by Crippen LogP contribution is -2.53. The maximum atomic E-state index is 14.0. The fraction of sp³-hybridized carbons (Fsp3) is 0.355. The number of halogens is 2. The molecule has 7 nitrogen and oxygen atoms in total. The average Bonchev–Trinajstić information content (AvgIpc) is 2.96. The molecule has 1 saturated carbocycles. The van der Waals surface area contributed by atoms with E-state index in [1.165, 1.54) is 17.0 Å². The van der Waals surface area contributed by atoms with Gasteiger partial charge in [0.2, 0.25) is 11.8 Å². The molecule has 41 heavy (non-hydrogen) atoms. The molecule has 218 valence electrons. The van der Waals surface area contributed by atoms with Crippen LogP contribution < -0.4 is 9.62 Å². The summed E-state index contributed by atoms with van der Waals surface area (Å²) >= 11 is 9.47. The lowest BCUT2D eigenvalue weighted by molar-refractivity contribution is -0.139. The topological polar surface area (TPSA) is 86.8 Å². The number of sulfonamides is 1. The minimum absolute atomic E-state index is 0.0751. The normalized spacial score (nSPS) is 14.7. The molecule has 0 spiro atoms. The van der Waals surface area contributed by atoms with Crippen molar-refractivity contribution in [2.75, 3.05) is 10.8 Å². The second kappa shape index (κ2) is 13.9. The largest absolute Gasteiger partial charge is 0.352 e. The van der Waals surface area contributed by atoms with E-state index in [0.29, 0.717) is 10.7 Å². The molecule has 0 aliphatic heterocycles. The van der Waals surface area contributed by atoms with Crippen molar-refractivity contribution in [3.05, 3.63) is 93.4 Å². The third kappa shape index (κ3) is 8.11. The maximum Gasteiger partial charge on any atom is 0.264 e. The first kappa shape index (κ1) is 31.1. The molecule has 4 rings (SSSR count). The SMILES string of the molecule is Cc1ccc(S(=O)(=O)N(CC(=O)N(Cc2ccc(Cl)cc2)C(C)C(=O)NC2CCCCC2)c2ccc(Br)cc2)cc1. The molecule has 1 aliphatic carbocycles. The Labute approximate surface area is 256 Å². The van der Waals surface area contributed by atoms with Crippen molar-refractivity contribution in [1.82, 2.24) is 10.2 Å². The highest BCUT2D eigenvalue weighted by molar-refractivity contribution is 9.10. The molecule has 0 bridgehead atoms. The van der Waals surface area contributed by atoms with Gasteiger partial charge in [-0.15, -0.1) is 0 Å². The number of hydrogen-bond acceptors (Lipinski definition) is 4. The monoisotopic (exact) mass is 659 g/mol. The number of aryl methyl sites for hydroxylation is 1. The smallest absolute Gasteiger partial charge is 0.264 e. The molecule has 2 amide bonds. The summed E-state index contributed by atoms with van der Waals surface area (Å²) in [5.41, 5.74) is 2.03. The van der Waals surface area contributed by atoms with E-state index in [9.17, 15) is 18.0 Å². The maximum absolute atomic E-state index is 14.0. The molecule has 1 aliphatic rings. The Kier molecular flexibility index (Phi) is 10.5. The van der Waals surface area contributed by atoms with E-state index in [-0.39, 0.29) is 23.4 Å². The van der Waals surface area contributed by atoms with Crippen molar-refractivity contribution in [2.24, 2.45) is 0 Å². The van der Waals surface area contributed by atoms with Gasteiger partial charge in [-0.2, -0.15) is 0 Å². The fourth-order valence-corrected chi connectivity index (χ4v) is 6.72. The number of benzene rings is 3. The first-order valence-electron chi connectivity index (χ1n) is 13.7. The molecule has 0 radical (unpaired) electrons. The molecule has 3 aromatic carbocycles. The van der Waals surface area contributed by atoms with Gasteiger partial charge in [0.05, 0.1) is 10.6 Å².